The van der Waals surface area contributed by atoms with Gasteiger partial charge >= 0.3 is 11.8 Å². The number of H-pyrrole nitrogens is 1. The van der Waals surface area contributed by atoms with Gasteiger partial charge in [0.25, 0.3) is 18.1 Å². The van der Waals surface area contributed by atoms with Crippen molar-refractivity contribution in [2.24, 2.45) is 5.16 Å². The minimum Gasteiger partial charge on any atom is -0.420 e. The van der Waals surface area contributed by atoms with Crippen molar-refractivity contribution >= 4 is 23.2 Å². The number of carbonyl (C=O) groups is 1. The lowest BCUT2D eigenvalue weighted by Crippen LogP contribution is -2.28. The monoisotopic (exact) mass is 445 g/mol. The Bertz CT molecular complexity index is 1140. The van der Waals surface area contributed by atoms with Gasteiger partial charge in [-0.1, -0.05) is 35.0 Å². The molecule has 2 N–H and O–H groups in total. The van der Waals surface area contributed by atoms with Crippen LogP contribution < -0.4 is 19.8 Å². The maximum Gasteiger partial charge on any atom is 0.377 e. The number of hydrogen-bond donors (Lipinski definition) is 1. The number of nitrogens with one attached hydrogen (secondary N) is 2. The molecule has 0 aliphatic carbocycles. The van der Waals surface area contributed by atoms with E-state index in [1.54, 1.807) is 49.4 Å². The highest BCUT2D eigenvalue weighted by Gasteiger charge is 2.25. The van der Waals surface area contributed by atoms with Crippen molar-refractivity contribution in [1.82, 2.24) is 10.3 Å². The van der Waals surface area contributed by atoms with Gasteiger partial charge < -0.3 is 19.6 Å². The number of aromatic nitrogens is 2. The summed E-state index contributed by atoms with van der Waals surface area (Å²) in [5.41, 5.74) is 0.882. The van der Waals surface area contributed by atoms with Gasteiger partial charge in [-0.25, -0.2) is 4.98 Å². The number of nitrogens with zero attached hydrogens (tertiary/aromatic N) is 2. The fourth-order valence-corrected chi connectivity index (χ4v) is 2.76. The van der Waals surface area contributed by atoms with Gasteiger partial charge in [-0.2, -0.15) is 4.39 Å². The summed E-state index contributed by atoms with van der Waals surface area (Å²) in [5.74, 6) is -1.45. The van der Waals surface area contributed by atoms with Crippen LogP contribution in [0.2, 0.25) is 5.02 Å². The summed E-state index contributed by atoms with van der Waals surface area (Å²) in [6.07, 6.45) is 1.22. The molecule has 1 aromatic heterocycles. The Morgan fingerprint density at radius 2 is 1.90 bits per heavy atom. The van der Waals surface area contributed by atoms with Gasteiger partial charge in [0.15, 0.2) is 5.71 Å². The first-order chi connectivity index (χ1) is 15.0. The van der Waals surface area contributed by atoms with Crippen LogP contribution in [0.4, 0.5) is 4.39 Å². The molecule has 8 nitrogen and oxygen atoms in total. The van der Waals surface area contributed by atoms with Crippen LogP contribution in [-0.2, 0) is 9.63 Å². The van der Waals surface area contributed by atoms with Gasteiger partial charge in [-0.05, 0) is 36.2 Å². The molecule has 0 aliphatic heterocycles. The molecule has 0 saturated carbocycles. The molecular formula is C21H19ClFN4O4+. The summed E-state index contributed by atoms with van der Waals surface area (Å²) < 4.78 is 26.4. The summed E-state index contributed by atoms with van der Waals surface area (Å²) in [5, 5.41) is 6.70. The summed E-state index contributed by atoms with van der Waals surface area (Å²) in [7, 11) is 2.76. The number of rotatable bonds is 7. The highest BCUT2D eigenvalue weighted by atomic mass is 35.5. The third kappa shape index (κ3) is 4.89. The third-order valence-electron chi connectivity index (χ3n) is 4.17. The van der Waals surface area contributed by atoms with Crippen molar-refractivity contribution in [3.8, 4) is 23.3 Å². The van der Waals surface area contributed by atoms with Crippen LogP contribution in [0.5, 0.6) is 23.3 Å². The molecule has 3 aromatic rings. The van der Waals surface area contributed by atoms with E-state index in [1.165, 1.54) is 20.5 Å². The molecule has 0 unspecified atom stereocenters. The molecule has 0 atom stereocenters. The zero-order chi connectivity index (χ0) is 22.4. The largest absolute Gasteiger partial charge is 0.420 e. The van der Waals surface area contributed by atoms with Crippen LogP contribution in [0.3, 0.4) is 0 Å². The average Bonchev–Trinajstić information content (AvgIpc) is 2.78. The molecule has 1 amide bonds. The van der Waals surface area contributed by atoms with Crippen molar-refractivity contribution in [2.75, 3.05) is 14.2 Å². The molecule has 31 heavy (non-hydrogen) atoms. The topological polar surface area (TPSA) is 96.2 Å². The van der Waals surface area contributed by atoms with E-state index >= 15 is 4.39 Å². The van der Waals surface area contributed by atoms with Crippen molar-refractivity contribution in [3.05, 3.63) is 70.8 Å². The number of hydrogen-bond acceptors (Lipinski definition) is 6. The molecular weight excluding hydrogens is 427 g/mol. The second kappa shape index (κ2) is 9.86. The van der Waals surface area contributed by atoms with Crippen molar-refractivity contribution < 1.29 is 28.5 Å². The lowest BCUT2D eigenvalue weighted by molar-refractivity contribution is -0.399. The van der Waals surface area contributed by atoms with Gasteiger partial charge in [0.05, 0.1) is 5.56 Å². The molecule has 0 spiro atoms. The average molecular weight is 446 g/mol. The molecule has 0 radical (unpaired) electrons. The molecule has 2 aromatic carbocycles. The molecule has 10 heteroatoms. The summed E-state index contributed by atoms with van der Waals surface area (Å²) in [6.45, 7) is 1.75. The first-order valence-corrected chi connectivity index (χ1v) is 9.43. The highest BCUT2D eigenvalue weighted by molar-refractivity contribution is 6.45. The Hall–Kier alpha value is -3.72. The minimum atomic E-state index is -0.873. The molecule has 0 bridgehead atoms. The number of oxime groups is 1. The summed E-state index contributed by atoms with van der Waals surface area (Å²) in [4.78, 5) is 23.5. The van der Waals surface area contributed by atoms with Gasteiger partial charge in [0.2, 0.25) is 0 Å². The Kier molecular flexibility index (Phi) is 6.99. The molecule has 160 valence electrons. The van der Waals surface area contributed by atoms with Crippen molar-refractivity contribution in [2.45, 2.75) is 6.92 Å². The molecule has 3 rings (SSSR count). The first kappa shape index (κ1) is 22.0. The number of halogens is 2. The second-order valence-corrected chi connectivity index (χ2v) is 6.52. The minimum absolute atomic E-state index is 0.0467. The van der Waals surface area contributed by atoms with Gasteiger partial charge in [0, 0.05) is 17.6 Å². The van der Waals surface area contributed by atoms with E-state index in [0.29, 0.717) is 16.3 Å². The zero-order valence-corrected chi connectivity index (χ0v) is 17.7. The number of amides is 1. The maximum absolute atomic E-state index is 15.1. The predicted molar refractivity (Wildman–Crippen MR) is 111 cm³/mol. The van der Waals surface area contributed by atoms with E-state index in [2.05, 4.69) is 20.4 Å². The van der Waals surface area contributed by atoms with Crippen LogP contribution in [0.1, 0.15) is 11.1 Å². The first-order valence-electron chi connectivity index (χ1n) is 9.05. The number of ether oxygens (including phenoxy) is 2. The highest BCUT2D eigenvalue weighted by Crippen LogP contribution is 2.32. The lowest BCUT2D eigenvalue weighted by Gasteiger charge is -2.11. The van der Waals surface area contributed by atoms with E-state index in [4.69, 9.17) is 25.9 Å². The molecule has 0 aliphatic rings. The second-order valence-electron chi connectivity index (χ2n) is 6.12. The Labute approximate surface area is 182 Å². The van der Waals surface area contributed by atoms with Crippen LogP contribution in [0.25, 0.3) is 0 Å². The van der Waals surface area contributed by atoms with Crippen LogP contribution in [0, 0.1) is 12.7 Å². The SMILES string of the molecule is CNC(=O)/C(=N/OC)c1ccccc1Oc1nc[nH+]c(Oc2cccc(Cl)c2C)c1F. The molecule has 0 saturated heterocycles. The van der Waals surface area contributed by atoms with Crippen molar-refractivity contribution in [1.29, 1.82) is 0 Å². The Morgan fingerprint density at radius 3 is 2.65 bits per heavy atom. The number of carbonyl (C=O) groups excluding carboxylic acids is 1. The van der Waals surface area contributed by atoms with E-state index in [1.807, 2.05) is 0 Å². The van der Waals surface area contributed by atoms with Crippen LogP contribution >= 0.6 is 11.6 Å². The van der Waals surface area contributed by atoms with Gasteiger partial charge in [-0.3, -0.25) is 4.79 Å². The summed E-state index contributed by atoms with van der Waals surface area (Å²) in [6, 6.07) is 11.5. The van der Waals surface area contributed by atoms with Gasteiger partial charge in [0.1, 0.15) is 18.6 Å². The van der Waals surface area contributed by atoms with E-state index in [0.717, 1.165) is 0 Å². The molecule has 1 heterocycles. The Morgan fingerprint density at radius 1 is 1.16 bits per heavy atom. The number of aromatic amines is 1. The van der Waals surface area contributed by atoms with Gasteiger partial charge in [-0.15, -0.1) is 0 Å². The molecule has 0 fully saturated rings. The van der Waals surface area contributed by atoms with E-state index in [9.17, 15) is 4.79 Å². The fraction of sp³-hybridized carbons (Fsp3) is 0.143. The smallest absolute Gasteiger partial charge is 0.377 e. The zero-order valence-electron chi connectivity index (χ0n) is 16.9. The lowest BCUT2D eigenvalue weighted by atomic mass is 10.1. The Balaban J connectivity index is 1.96. The summed E-state index contributed by atoms with van der Waals surface area (Å²) >= 11 is 6.09. The fourth-order valence-electron chi connectivity index (χ4n) is 2.60. The predicted octanol–water partition coefficient (Wildman–Crippen LogP) is 3.68. The van der Waals surface area contributed by atoms with Crippen LogP contribution in [0.15, 0.2) is 53.9 Å². The van der Waals surface area contributed by atoms with E-state index in [-0.39, 0.29) is 28.8 Å². The maximum atomic E-state index is 15.1. The number of benzene rings is 2. The van der Waals surface area contributed by atoms with Crippen molar-refractivity contribution in [3.63, 3.8) is 0 Å². The van der Waals surface area contributed by atoms with E-state index < -0.39 is 11.7 Å². The quantitative estimate of drug-likeness (QED) is 0.442. The third-order valence-corrected chi connectivity index (χ3v) is 4.58. The number of para-hydroxylation sites is 1. The normalized spacial score (nSPS) is 11.1. The standard InChI is InChI=1S/C21H18ClFN4O4/c1-12-14(22)8-6-10-15(12)30-20-17(23)21(26-11-25-20)31-16-9-5-4-7-13(16)18(27-29-3)19(28)24-2/h4-11H,1-3H3,(H,24,28)/p+1/b27-18+. The van der Waals surface area contributed by atoms with Crippen LogP contribution in [-0.4, -0.2) is 30.8 Å². The number of likely N-dealkylation sites (N-methyl/N-ethyl adjacent to an activating group) is 1.